The molecule has 0 amide bonds. The highest BCUT2D eigenvalue weighted by Gasteiger charge is 2.04. The summed E-state index contributed by atoms with van der Waals surface area (Å²) < 4.78 is 1.11. The van der Waals surface area contributed by atoms with Crippen molar-refractivity contribution in [2.24, 2.45) is 0 Å². The lowest BCUT2D eigenvalue weighted by atomic mass is 10.1. The maximum atomic E-state index is 3.19. The Kier molecular flexibility index (Phi) is 8.20. The molecule has 0 rings (SSSR count). The first-order valence-electron chi connectivity index (χ1n) is 6.01. The number of nitrogens with one attached hydrogen (secondary N) is 1. The number of unbranched alkanes of at least 4 members (excludes halogenated alkanes) is 5. The van der Waals surface area contributed by atoms with Crippen molar-refractivity contribution in [1.29, 1.82) is 0 Å². The second kappa shape index (κ2) is 8.25. The van der Waals surface area contributed by atoms with Gasteiger partial charge in [-0.3, -0.25) is 0 Å². The Morgan fingerprint density at radius 1 is 0.786 bits per heavy atom. The number of hydrogen-bond acceptors (Lipinski definition) is 1. The molecule has 0 radical (unpaired) electrons. The van der Waals surface area contributed by atoms with Crippen LogP contribution in [-0.2, 0) is 0 Å². The van der Waals surface area contributed by atoms with Crippen molar-refractivity contribution in [1.82, 2.24) is 5.32 Å². The minimum atomic E-state index is 1.11. The molecule has 0 aromatic heterocycles. The first kappa shape index (κ1) is 13.9. The van der Waals surface area contributed by atoms with E-state index in [1.165, 1.54) is 51.6 Å². The van der Waals surface area contributed by atoms with Gasteiger partial charge in [0.25, 0.3) is 0 Å². The summed E-state index contributed by atoms with van der Waals surface area (Å²) in [5, 5.41) is 3.19. The van der Waals surface area contributed by atoms with Gasteiger partial charge in [-0.05, 0) is 32.9 Å². The van der Waals surface area contributed by atoms with Crippen molar-refractivity contribution in [3.63, 3.8) is 0 Å². The summed E-state index contributed by atoms with van der Waals surface area (Å²) in [5.74, 6) is 0. The molecule has 0 bridgehead atoms. The van der Waals surface area contributed by atoms with Gasteiger partial charge in [-0.1, -0.05) is 19.3 Å². The summed E-state index contributed by atoms with van der Waals surface area (Å²) in [7, 11) is 8.84. The largest absolute Gasteiger partial charge is 0.331 e. The first-order chi connectivity index (χ1) is 6.56. The highest BCUT2D eigenvalue weighted by molar-refractivity contribution is 4.46. The molecule has 0 saturated carbocycles. The van der Waals surface area contributed by atoms with Crippen LogP contribution in [0.25, 0.3) is 0 Å². The molecule has 0 fully saturated rings. The Balaban J connectivity index is 2.99. The number of quaternary nitrogens is 1. The van der Waals surface area contributed by atoms with E-state index in [1.54, 1.807) is 0 Å². The fraction of sp³-hybridized carbons (Fsp3) is 1.00. The van der Waals surface area contributed by atoms with Crippen LogP contribution in [0, 0.1) is 0 Å². The first-order valence-corrected chi connectivity index (χ1v) is 6.01. The van der Waals surface area contributed by atoms with Crippen molar-refractivity contribution < 1.29 is 4.48 Å². The Morgan fingerprint density at radius 2 is 1.29 bits per heavy atom. The minimum absolute atomic E-state index is 1.11. The van der Waals surface area contributed by atoms with E-state index >= 15 is 0 Å². The van der Waals surface area contributed by atoms with Crippen LogP contribution in [0.1, 0.15) is 38.5 Å². The fourth-order valence-electron chi connectivity index (χ4n) is 1.60. The van der Waals surface area contributed by atoms with E-state index < -0.39 is 0 Å². The number of rotatable bonds is 9. The highest BCUT2D eigenvalue weighted by atomic mass is 15.3. The Bertz CT molecular complexity index is 116. The van der Waals surface area contributed by atoms with Gasteiger partial charge in [0.2, 0.25) is 0 Å². The summed E-state index contributed by atoms with van der Waals surface area (Å²) in [6.07, 6.45) is 8.37. The number of hydrogen-bond donors (Lipinski definition) is 1. The van der Waals surface area contributed by atoms with Crippen LogP contribution in [0.2, 0.25) is 0 Å². The molecule has 0 unspecified atom stereocenters. The standard InChI is InChI=1S/C12H29N2/c1-13-11-9-7-5-6-8-10-12-14(2,3)4/h13H,5-12H2,1-4H3/q+1. The summed E-state index contributed by atoms with van der Waals surface area (Å²) >= 11 is 0. The zero-order chi connectivity index (χ0) is 10.9. The molecule has 86 valence electrons. The quantitative estimate of drug-likeness (QED) is 0.446. The van der Waals surface area contributed by atoms with Crippen molar-refractivity contribution >= 4 is 0 Å². The third kappa shape index (κ3) is 11.9. The maximum absolute atomic E-state index is 3.19. The van der Waals surface area contributed by atoms with Gasteiger partial charge in [0.1, 0.15) is 0 Å². The molecule has 1 N–H and O–H groups in total. The van der Waals surface area contributed by atoms with Crippen LogP contribution in [-0.4, -0.2) is 45.8 Å². The van der Waals surface area contributed by atoms with Gasteiger partial charge in [0, 0.05) is 0 Å². The van der Waals surface area contributed by atoms with E-state index in [0.29, 0.717) is 0 Å². The van der Waals surface area contributed by atoms with Crippen LogP contribution < -0.4 is 5.32 Å². The predicted octanol–water partition coefficient (Wildman–Crippen LogP) is 2.25. The topological polar surface area (TPSA) is 12.0 Å². The third-order valence-corrected chi connectivity index (χ3v) is 2.51. The summed E-state index contributed by atoms with van der Waals surface area (Å²) in [6.45, 7) is 2.50. The van der Waals surface area contributed by atoms with Crippen LogP contribution in [0.15, 0.2) is 0 Å². The van der Waals surface area contributed by atoms with Crippen LogP contribution in [0.5, 0.6) is 0 Å². The van der Waals surface area contributed by atoms with E-state index in [1.807, 2.05) is 7.05 Å². The van der Waals surface area contributed by atoms with Crippen molar-refractivity contribution in [3.8, 4) is 0 Å². The molecule has 0 aromatic rings. The van der Waals surface area contributed by atoms with Gasteiger partial charge >= 0.3 is 0 Å². The number of nitrogens with zero attached hydrogens (tertiary/aromatic N) is 1. The second-order valence-corrected chi connectivity index (χ2v) is 5.24. The van der Waals surface area contributed by atoms with E-state index in [-0.39, 0.29) is 0 Å². The molecular formula is C12H29N2+. The molecule has 0 saturated heterocycles. The fourth-order valence-corrected chi connectivity index (χ4v) is 1.60. The van der Waals surface area contributed by atoms with E-state index in [2.05, 4.69) is 26.5 Å². The predicted molar refractivity (Wildman–Crippen MR) is 64.5 cm³/mol. The highest BCUT2D eigenvalue weighted by Crippen LogP contribution is 2.06. The van der Waals surface area contributed by atoms with Crippen LogP contribution >= 0.6 is 0 Å². The third-order valence-electron chi connectivity index (χ3n) is 2.51. The van der Waals surface area contributed by atoms with Gasteiger partial charge in [0.15, 0.2) is 0 Å². The summed E-state index contributed by atoms with van der Waals surface area (Å²) in [5.41, 5.74) is 0. The van der Waals surface area contributed by atoms with Gasteiger partial charge in [-0.15, -0.1) is 0 Å². The summed E-state index contributed by atoms with van der Waals surface area (Å²) in [6, 6.07) is 0. The van der Waals surface area contributed by atoms with Crippen LogP contribution in [0.3, 0.4) is 0 Å². The average molecular weight is 201 g/mol. The van der Waals surface area contributed by atoms with E-state index in [9.17, 15) is 0 Å². The molecule has 0 aliphatic carbocycles. The zero-order valence-corrected chi connectivity index (χ0v) is 10.6. The second-order valence-electron chi connectivity index (χ2n) is 5.24. The van der Waals surface area contributed by atoms with Gasteiger partial charge < -0.3 is 9.80 Å². The van der Waals surface area contributed by atoms with Crippen LogP contribution in [0.4, 0.5) is 0 Å². The molecule has 2 heteroatoms. The molecule has 0 spiro atoms. The smallest absolute Gasteiger partial charge is 0.0780 e. The normalized spacial score (nSPS) is 12.0. The lowest BCUT2D eigenvalue weighted by Gasteiger charge is -2.23. The zero-order valence-electron chi connectivity index (χ0n) is 10.6. The SMILES string of the molecule is CNCCCCCCCC[N+](C)(C)C. The molecule has 0 atom stereocenters. The van der Waals surface area contributed by atoms with Gasteiger partial charge in [-0.25, -0.2) is 0 Å². The van der Waals surface area contributed by atoms with Gasteiger partial charge in [-0.2, -0.15) is 0 Å². The van der Waals surface area contributed by atoms with Crippen molar-refractivity contribution in [2.75, 3.05) is 41.3 Å². The molecule has 0 aliphatic rings. The molecule has 14 heavy (non-hydrogen) atoms. The minimum Gasteiger partial charge on any atom is -0.331 e. The van der Waals surface area contributed by atoms with E-state index in [0.717, 1.165) is 4.48 Å². The van der Waals surface area contributed by atoms with Crippen molar-refractivity contribution in [3.05, 3.63) is 0 Å². The Morgan fingerprint density at radius 3 is 1.79 bits per heavy atom. The molecule has 0 aliphatic heterocycles. The lowest BCUT2D eigenvalue weighted by Crippen LogP contribution is -2.35. The van der Waals surface area contributed by atoms with E-state index in [4.69, 9.17) is 0 Å². The maximum Gasteiger partial charge on any atom is 0.0780 e. The molecule has 0 aromatic carbocycles. The molecular weight excluding hydrogens is 172 g/mol. The Labute approximate surface area is 90.3 Å². The van der Waals surface area contributed by atoms with Gasteiger partial charge in [0.05, 0.1) is 27.7 Å². The Hall–Kier alpha value is -0.0800. The van der Waals surface area contributed by atoms with Crippen molar-refractivity contribution in [2.45, 2.75) is 38.5 Å². The average Bonchev–Trinajstić information content (AvgIpc) is 2.08. The molecule has 2 nitrogen and oxygen atoms in total. The lowest BCUT2D eigenvalue weighted by molar-refractivity contribution is -0.870. The monoisotopic (exact) mass is 201 g/mol. The summed E-state index contributed by atoms with van der Waals surface area (Å²) in [4.78, 5) is 0. The molecule has 0 heterocycles.